The van der Waals surface area contributed by atoms with E-state index >= 15 is 0 Å². The van der Waals surface area contributed by atoms with Crippen molar-refractivity contribution in [2.24, 2.45) is 0 Å². The Hall–Kier alpha value is 0.0400. The molecule has 0 spiro atoms. The predicted molar refractivity (Wildman–Crippen MR) is 92.0 cm³/mol. The Kier molecular flexibility index (Phi) is 23.2. The van der Waals surface area contributed by atoms with Crippen molar-refractivity contribution in [3.63, 3.8) is 0 Å². The van der Waals surface area contributed by atoms with Crippen LogP contribution in [0.2, 0.25) is 0 Å². The van der Waals surface area contributed by atoms with Gasteiger partial charge >= 0.3 is 41.1 Å². The van der Waals surface area contributed by atoms with Gasteiger partial charge in [-0.15, -0.1) is 0 Å². The van der Waals surface area contributed by atoms with Gasteiger partial charge in [-0.2, -0.15) is 8.42 Å². The van der Waals surface area contributed by atoms with E-state index in [0.29, 0.717) is 0 Å². The molecule has 0 amide bonds. The topological polar surface area (TPSA) is 34.1 Å². The minimum absolute atomic E-state index is 0. The molecule has 1 aromatic rings. The zero-order valence-corrected chi connectivity index (χ0v) is 17.2. The van der Waals surface area contributed by atoms with E-state index in [-0.39, 0.29) is 31.0 Å². The molecule has 1 aromatic carbocycles. The second-order valence-electron chi connectivity index (χ2n) is 5.49. The van der Waals surface area contributed by atoms with Crippen molar-refractivity contribution in [1.29, 1.82) is 0 Å². The van der Waals surface area contributed by atoms with Crippen molar-refractivity contribution >= 4 is 11.6 Å². The summed E-state index contributed by atoms with van der Waals surface area (Å²) >= 11 is -0.750. The predicted octanol–water partition coefficient (Wildman–Crippen LogP) is 2.60. The first-order chi connectivity index (χ1) is 10.3. The van der Waals surface area contributed by atoms with Crippen molar-refractivity contribution < 1.29 is 39.4 Å². The second kappa shape index (κ2) is 21.0. The Morgan fingerprint density at radius 1 is 0.773 bits per heavy atom. The summed E-state index contributed by atoms with van der Waals surface area (Å²) in [5, 5.41) is 0. The van der Waals surface area contributed by atoms with Crippen LogP contribution in [-0.2, 0) is 18.0 Å². The normalized spacial score (nSPS) is 9.32. The van der Waals surface area contributed by atoms with Gasteiger partial charge in [0, 0.05) is 0 Å². The van der Waals surface area contributed by atoms with Crippen LogP contribution in [0.1, 0.15) is 78.1 Å². The van der Waals surface area contributed by atoms with Crippen LogP contribution in [0, 0.1) is 0 Å². The van der Waals surface area contributed by atoms with Crippen LogP contribution in [0.15, 0.2) is 30.3 Å². The van der Waals surface area contributed by atoms with Crippen molar-refractivity contribution in [1.82, 2.24) is 0 Å². The fourth-order valence-electron chi connectivity index (χ4n) is 2.46. The summed E-state index contributed by atoms with van der Waals surface area (Å²) in [6.45, 7) is 2.28. The minimum Gasteiger partial charge on any atom is -1.00 e. The summed E-state index contributed by atoms with van der Waals surface area (Å²) in [6.07, 6.45) is 15.5. The summed E-state index contributed by atoms with van der Waals surface area (Å²) in [6, 6.07) is 10.9. The van der Waals surface area contributed by atoms with E-state index in [0.717, 1.165) is 0 Å². The summed E-state index contributed by atoms with van der Waals surface area (Å²) in [7, 11) is 0. The fraction of sp³-hybridized carbons (Fsp3) is 0.667. The van der Waals surface area contributed by atoms with Crippen LogP contribution in [0.3, 0.4) is 0 Å². The third-order valence-electron chi connectivity index (χ3n) is 3.66. The first kappa shape index (κ1) is 24.3. The van der Waals surface area contributed by atoms with Gasteiger partial charge in [0.2, 0.25) is 0 Å². The monoisotopic (exact) mass is 334 g/mol. The Morgan fingerprint density at radius 3 is 1.64 bits per heavy atom. The summed E-state index contributed by atoms with van der Waals surface area (Å²) in [5.74, 6) is 0. The van der Waals surface area contributed by atoms with Gasteiger partial charge in [-0.25, -0.2) is 0 Å². The molecule has 0 radical (unpaired) electrons. The van der Waals surface area contributed by atoms with Gasteiger partial charge in [-0.1, -0.05) is 95.0 Å². The maximum absolute atomic E-state index is 8.29. The number of benzene rings is 1. The zero-order chi connectivity index (χ0) is 15.6. The van der Waals surface area contributed by atoms with Crippen LogP contribution in [0.5, 0.6) is 0 Å². The number of hydrogen-bond acceptors (Lipinski definition) is 2. The Morgan fingerprint density at radius 2 is 1.18 bits per heavy atom. The van der Waals surface area contributed by atoms with Gasteiger partial charge in [0.25, 0.3) is 0 Å². The molecule has 1 rings (SSSR count). The van der Waals surface area contributed by atoms with E-state index < -0.39 is 11.6 Å². The van der Waals surface area contributed by atoms with Gasteiger partial charge in [0.05, 0.1) is 0 Å². The molecule has 0 saturated heterocycles. The van der Waals surface area contributed by atoms with E-state index in [2.05, 4.69) is 37.3 Å². The molecule has 2 nitrogen and oxygen atoms in total. The molecule has 0 aliphatic carbocycles. The molecule has 0 fully saturated rings. The number of aryl methyl sites for hydroxylation is 1. The maximum atomic E-state index is 8.29. The van der Waals surface area contributed by atoms with Gasteiger partial charge in [0.15, 0.2) is 0 Å². The largest absolute Gasteiger partial charge is 1.00 e. The Labute approximate surface area is 163 Å². The fourth-order valence-corrected chi connectivity index (χ4v) is 2.46. The van der Waals surface area contributed by atoms with Gasteiger partial charge < -0.3 is 1.43 Å². The molecule has 0 aromatic heterocycles. The molecule has 22 heavy (non-hydrogen) atoms. The Balaban J connectivity index is -0.000000740. The van der Waals surface area contributed by atoms with Gasteiger partial charge in [-0.3, -0.25) is 0 Å². The second-order valence-corrected chi connectivity index (χ2v) is 5.62. The summed E-state index contributed by atoms with van der Waals surface area (Å²) in [5.41, 5.74) is 1.50. The third-order valence-corrected chi connectivity index (χ3v) is 3.66. The van der Waals surface area contributed by atoms with E-state index in [1.165, 1.54) is 76.2 Å². The van der Waals surface area contributed by atoms with E-state index in [1.807, 2.05) is 0 Å². The van der Waals surface area contributed by atoms with Crippen LogP contribution in [-0.4, -0.2) is 8.42 Å². The van der Waals surface area contributed by atoms with Crippen molar-refractivity contribution in [3.05, 3.63) is 35.9 Å². The molecule has 0 heterocycles. The smallest absolute Gasteiger partial charge is 1.00 e. The quantitative estimate of drug-likeness (QED) is 0.460. The molecule has 0 aliphatic rings. The molecule has 122 valence electrons. The number of unbranched alkanes of at least 4 members (excludes halogenated alkanes) is 9. The average Bonchev–Trinajstić information content (AvgIpc) is 2.51. The van der Waals surface area contributed by atoms with Crippen molar-refractivity contribution in [2.45, 2.75) is 77.6 Å². The maximum Gasteiger partial charge on any atom is 1.00 e. The van der Waals surface area contributed by atoms with Crippen LogP contribution >= 0.6 is 0 Å². The molecular weight excluding hydrogens is 303 g/mol. The summed E-state index contributed by atoms with van der Waals surface area (Å²) in [4.78, 5) is 0. The van der Waals surface area contributed by atoms with Gasteiger partial charge in [0.1, 0.15) is 0 Å². The van der Waals surface area contributed by atoms with E-state index in [4.69, 9.17) is 8.42 Å². The first-order valence-corrected chi connectivity index (χ1v) is 8.97. The zero-order valence-electron chi connectivity index (χ0n) is 15.4. The SMILES string of the molecule is CCCCCCCCCCCCc1ccccc1.O=S=O.[H-].[Na+]. The molecule has 0 saturated carbocycles. The molecule has 4 heteroatoms. The van der Waals surface area contributed by atoms with Crippen LogP contribution < -0.4 is 29.6 Å². The van der Waals surface area contributed by atoms with Gasteiger partial charge in [-0.05, 0) is 18.4 Å². The van der Waals surface area contributed by atoms with Crippen molar-refractivity contribution in [3.8, 4) is 0 Å². The van der Waals surface area contributed by atoms with E-state index in [1.54, 1.807) is 0 Å². The molecule has 0 N–H and O–H groups in total. The van der Waals surface area contributed by atoms with E-state index in [9.17, 15) is 0 Å². The minimum atomic E-state index is -0.750. The van der Waals surface area contributed by atoms with Crippen LogP contribution in [0.4, 0.5) is 0 Å². The first-order valence-electron chi connectivity index (χ1n) is 8.30. The number of hydrogen-bond donors (Lipinski definition) is 0. The molecule has 0 aliphatic heterocycles. The molecular formula is C18H31NaO2S. The van der Waals surface area contributed by atoms with Crippen molar-refractivity contribution in [2.75, 3.05) is 0 Å². The summed E-state index contributed by atoms with van der Waals surface area (Å²) < 4.78 is 16.6. The third kappa shape index (κ3) is 18.1. The standard InChI is InChI=1S/C18H30.Na.O2S.H/c1-2-3-4-5-6-7-8-9-10-12-15-18-16-13-11-14-17-18;;1-3-2;/h11,13-14,16-17H,2-10,12,15H2,1H3;;;/q;+1;;-1. The number of rotatable bonds is 11. The molecule has 0 unspecified atom stereocenters. The molecule has 0 atom stereocenters. The Bertz CT molecular complexity index is 357. The average molecular weight is 335 g/mol. The van der Waals surface area contributed by atoms with Crippen LogP contribution in [0.25, 0.3) is 0 Å². The molecule has 0 bridgehead atoms.